The van der Waals surface area contributed by atoms with Gasteiger partial charge in [-0.3, -0.25) is 9.62 Å². The van der Waals surface area contributed by atoms with E-state index in [0.717, 1.165) is 11.2 Å². The fraction of sp³-hybridized carbons (Fsp3) is 0. The Bertz CT molecular complexity index is 331. The smallest absolute Gasteiger partial charge is 0.107 e. The minimum absolute atomic E-state index is 0.793. The van der Waals surface area contributed by atoms with Gasteiger partial charge in [-0.15, -0.1) is 0 Å². The van der Waals surface area contributed by atoms with Crippen LogP contribution in [-0.2, 0) is 0 Å². The van der Waals surface area contributed by atoms with Crippen molar-refractivity contribution >= 4 is 17.9 Å². The summed E-state index contributed by atoms with van der Waals surface area (Å²) < 4.78 is 6.31. The summed E-state index contributed by atoms with van der Waals surface area (Å²) in [7, 11) is 0. The molecule has 0 N–H and O–H groups in total. The van der Waals surface area contributed by atoms with Crippen LogP contribution >= 0.6 is 0 Å². The van der Waals surface area contributed by atoms with E-state index < -0.39 is 0 Å². The van der Waals surface area contributed by atoms with Crippen LogP contribution in [0.25, 0.3) is 5.52 Å². The normalized spacial score (nSPS) is 10.4. The van der Waals surface area contributed by atoms with Crippen molar-refractivity contribution in [2.75, 3.05) is 0 Å². The summed E-state index contributed by atoms with van der Waals surface area (Å²) in [5.41, 5.74) is 1.68. The molecule has 0 amide bonds. The van der Waals surface area contributed by atoms with Crippen LogP contribution in [0.1, 0.15) is 0 Å². The van der Waals surface area contributed by atoms with E-state index in [-0.39, 0.29) is 0 Å². The third-order valence-corrected chi connectivity index (χ3v) is 1.30. The van der Waals surface area contributed by atoms with Crippen molar-refractivity contribution in [3.8, 4) is 0 Å². The maximum Gasteiger partial charge on any atom is 0.107 e. The van der Waals surface area contributed by atoms with Crippen LogP contribution in [0.3, 0.4) is 0 Å². The molecule has 2 rings (SSSR count). The molecule has 0 aromatic carbocycles. The van der Waals surface area contributed by atoms with Gasteiger partial charge in [0.15, 0.2) is 0 Å². The summed E-state index contributed by atoms with van der Waals surface area (Å²) in [5.74, 6) is 0. The lowest BCUT2D eigenvalue weighted by molar-refractivity contribution is 0.274. The van der Waals surface area contributed by atoms with Gasteiger partial charge in [-0.25, -0.2) is 0 Å². The van der Waals surface area contributed by atoms with E-state index in [0.29, 0.717) is 0 Å². The zero-order chi connectivity index (χ0) is 6.97. The van der Waals surface area contributed by atoms with E-state index >= 15 is 0 Å². The highest BCUT2D eigenvalue weighted by atomic mass is 16.6. The van der Waals surface area contributed by atoms with Crippen LogP contribution < -0.4 is 0 Å². The SMILES string of the molecule is C=Nc1cc2cnon2c1. The second-order valence-electron chi connectivity index (χ2n) is 1.92. The van der Waals surface area contributed by atoms with Gasteiger partial charge in [-0.1, -0.05) is 5.16 Å². The van der Waals surface area contributed by atoms with Gasteiger partial charge in [0.1, 0.15) is 5.52 Å². The number of nitrogens with zero attached hydrogens (tertiary/aromatic N) is 3. The quantitative estimate of drug-likeness (QED) is 0.552. The van der Waals surface area contributed by atoms with Crippen LogP contribution in [0.4, 0.5) is 5.69 Å². The number of hydrogen-bond acceptors (Lipinski definition) is 3. The third kappa shape index (κ3) is 0.556. The molecule has 50 valence electrons. The molecule has 0 saturated carbocycles. The summed E-state index contributed by atoms with van der Waals surface area (Å²) in [6, 6.07) is 1.84. The third-order valence-electron chi connectivity index (χ3n) is 1.30. The van der Waals surface area contributed by atoms with Gasteiger partial charge in [0.2, 0.25) is 0 Å². The fourth-order valence-corrected chi connectivity index (χ4v) is 0.827. The van der Waals surface area contributed by atoms with Crippen molar-refractivity contribution in [1.82, 2.24) is 9.73 Å². The van der Waals surface area contributed by atoms with E-state index in [2.05, 4.69) is 16.9 Å². The Hall–Kier alpha value is -1.58. The number of hydrogen-bond donors (Lipinski definition) is 0. The van der Waals surface area contributed by atoms with Gasteiger partial charge in [-0.2, -0.15) is 4.57 Å². The lowest BCUT2D eigenvalue weighted by Crippen LogP contribution is -1.66. The molecule has 0 aliphatic heterocycles. The number of rotatable bonds is 1. The first-order chi connectivity index (χ1) is 4.90. The predicted molar refractivity (Wildman–Crippen MR) is 36.7 cm³/mol. The molecule has 4 heteroatoms. The Morgan fingerprint density at radius 3 is 3.30 bits per heavy atom. The first-order valence-corrected chi connectivity index (χ1v) is 2.80. The molecule has 0 spiro atoms. The molecular formula is C6H5N3O. The summed E-state index contributed by atoms with van der Waals surface area (Å²) in [4.78, 5) is 3.72. The average molecular weight is 135 g/mol. The van der Waals surface area contributed by atoms with Gasteiger partial charge in [0.25, 0.3) is 0 Å². The molecule has 0 unspecified atom stereocenters. The molecule has 0 saturated heterocycles. The molecule has 0 atom stereocenters. The maximum absolute atomic E-state index is 4.78. The van der Waals surface area contributed by atoms with Crippen molar-refractivity contribution in [2.24, 2.45) is 4.99 Å². The molecule has 2 heterocycles. The average Bonchev–Trinajstić information content (AvgIpc) is 2.42. The molecule has 4 nitrogen and oxygen atoms in total. The molecule has 0 aliphatic rings. The number of aromatic nitrogens is 2. The molecule has 2 aromatic rings. The van der Waals surface area contributed by atoms with E-state index in [1.807, 2.05) is 6.07 Å². The number of fused-ring (bicyclic) bond motifs is 1. The van der Waals surface area contributed by atoms with Crippen LogP contribution in [0.15, 0.2) is 28.1 Å². The second-order valence-corrected chi connectivity index (χ2v) is 1.92. The Morgan fingerprint density at radius 1 is 1.70 bits per heavy atom. The van der Waals surface area contributed by atoms with Crippen LogP contribution in [0.2, 0.25) is 0 Å². The minimum Gasteiger partial charge on any atom is -0.263 e. The standard InChI is InChI=1S/C6H5N3O/c1-7-5-2-6-3-8-10-9(6)4-5/h2-4H,1H2. The topological polar surface area (TPSA) is 42.8 Å². The Labute approximate surface area is 56.7 Å². The van der Waals surface area contributed by atoms with Crippen molar-refractivity contribution in [1.29, 1.82) is 0 Å². The molecular weight excluding hydrogens is 130 g/mol. The molecule has 0 fully saturated rings. The minimum atomic E-state index is 0.793. The Kier molecular flexibility index (Phi) is 0.887. The van der Waals surface area contributed by atoms with Gasteiger partial charge in [0.05, 0.1) is 18.1 Å². The van der Waals surface area contributed by atoms with E-state index in [1.165, 1.54) is 4.57 Å². The van der Waals surface area contributed by atoms with E-state index in [9.17, 15) is 0 Å². The first-order valence-electron chi connectivity index (χ1n) is 2.80. The molecule has 0 bridgehead atoms. The highest BCUT2D eigenvalue weighted by molar-refractivity contribution is 5.57. The summed E-state index contributed by atoms with van der Waals surface area (Å²) in [5, 5.41) is 3.56. The van der Waals surface area contributed by atoms with Crippen LogP contribution in [0, 0.1) is 0 Å². The first kappa shape index (κ1) is 5.22. The lowest BCUT2D eigenvalue weighted by Gasteiger charge is -1.75. The van der Waals surface area contributed by atoms with E-state index in [4.69, 9.17) is 4.63 Å². The van der Waals surface area contributed by atoms with Crippen molar-refractivity contribution in [3.63, 3.8) is 0 Å². The Morgan fingerprint density at radius 2 is 2.60 bits per heavy atom. The highest BCUT2D eigenvalue weighted by Crippen LogP contribution is 2.15. The monoisotopic (exact) mass is 135 g/mol. The van der Waals surface area contributed by atoms with Crippen molar-refractivity contribution < 1.29 is 4.63 Å². The predicted octanol–water partition coefficient (Wildman–Crippen LogP) is 1.26. The van der Waals surface area contributed by atoms with Crippen LogP contribution in [-0.4, -0.2) is 16.4 Å². The van der Waals surface area contributed by atoms with Gasteiger partial charge < -0.3 is 0 Å². The summed E-state index contributed by atoms with van der Waals surface area (Å²) in [6.07, 6.45) is 3.34. The second kappa shape index (κ2) is 1.70. The number of aliphatic imine (C=N–C) groups is 1. The highest BCUT2D eigenvalue weighted by Gasteiger charge is 1.98. The summed E-state index contributed by atoms with van der Waals surface area (Å²) in [6.45, 7) is 3.38. The van der Waals surface area contributed by atoms with Crippen molar-refractivity contribution in [3.05, 3.63) is 18.5 Å². The zero-order valence-electron chi connectivity index (χ0n) is 5.19. The Balaban J connectivity index is 2.78. The molecule has 10 heavy (non-hydrogen) atoms. The largest absolute Gasteiger partial charge is 0.263 e. The molecule has 2 aromatic heterocycles. The van der Waals surface area contributed by atoms with Gasteiger partial charge in [0, 0.05) is 0 Å². The lowest BCUT2D eigenvalue weighted by atomic mass is 10.5. The summed E-state index contributed by atoms with van der Waals surface area (Å²) >= 11 is 0. The fourth-order valence-electron chi connectivity index (χ4n) is 0.827. The van der Waals surface area contributed by atoms with E-state index in [1.54, 1.807) is 12.4 Å². The molecule has 0 radical (unpaired) electrons. The van der Waals surface area contributed by atoms with Gasteiger partial charge in [-0.05, 0) is 12.8 Å². The zero-order valence-corrected chi connectivity index (χ0v) is 5.19. The van der Waals surface area contributed by atoms with Crippen molar-refractivity contribution in [2.45, 2.75) is 0 Å². The molecule has 0 aliphatic carbocycles. The van der Waals surface area contributed by atoms with Gasteiger partial charge >= 0.3 is 0 Å². The maximum atomic E-state index is 4.78. The van der Waals surface area contributed by atoms with Crippen LogP contribution in [0.5, 0.6) is 0 Å².